The minimum atomic E-state index is -3.71. The Kier molecular flexibility index (Phi) is 3.60. The van der Waals surface area contributed by atoms with Crippen LogP contribution in [-0.4, -0.2) is 23.0 Å². The fourth-order valence-corrected chi connectivity index (χ4v) is 3.31. The van der Waals surface area contributed by atoms with Crippen LogP contribution in [0.25, 0.3) is 28.0 Å². The summed E-state index contributed by atoms with van der Waals surface area (Å²) in [5, 5.41) is 6.18. The molecule has 0 aliphatic carbocycles. The van der Waals surface area contributed by atoms with Gasteiger partial charge in [0.1, 0.15) is 5.82 Å². The van der Waals surface area contributed by atoms with Gasteiger partial charge in [-0.2, -0.15) is 0 Å². The van der Waals surface area contributed by atoms with E-state index in [1.165, 1.54) is 12.1 Å². The molecule has 0 radical (unpaired) electrons. The highest BCUT2D eigenvalue weighted by molar-refractivity contribution is 7.89. The fourth-order valence-electron chi connectivity index (χ4n) is 2.79. The number of aromatic nitrogens is 3. The maximum absolute atomic E-state index is 11.4. The third kappa shape index (κ3) is 2.79. The molecule has 0 saturated heterocycles. The zero-order valence-electron chi connectivity index (χ0n) is 13.1. The van der Waals surface area contributed by atoms with Crippen molar-refractivity contribution < 1.29 is 8.42 Å². The van der Waals surface area contributed by atoms with Gasteiger partial charge in [0.25, 0.3) is 0 Å². The summed E-state index contributed by atoms with van der Waals surface area (Å²) in [6, 6.07) is 16.2. The van der Waals surface area contributed by atoms with Crippen LogP contribution in [0.5, 0.6) is 0 Å². The van der Waals surface area contributed by atoms with Crippen LogP contribution in [0.2, 0.25) is 0 Å². The molecular formula is C18H14N4O2S. The number of nitrogens with two attached hydrogens (primary N) is 1. The highest BCUT2D eigenvalue weighted by atomic mass is 32.2. The monoisotopic (exact) mass is 350 g/mol. The summed E-state index contributed by atoms with van der Waals surface area (Å²) in [7, 11) is -3.71. The van der Waals surface area contributed by atoms with E-state index in [1.54, 1.807) is 24.5 Å². The normalized spacial score (nSPS) is 11.7. The largest absolute Gasteiger partial charge is 0.300 e. The second-order valence-corrected chi connectivity index (χ2v) is 7.10. The van der Waals surface area contributed by atoms with E-state index in [9.17, 15) is 8.42 Å². The first-order valence-corrected chi connectivity index (χ1v) is 9.09. The number of pyridine rings is 1. The van der Waals surface area contributed by atoms with Gasteiger partial charge in [0.15, 0.2) is 0 Å². The Labute approximate surface area is 144 Å². The van der Waals surface area contributed by atoms with Crippen molar-refractivity contribution in [3.05, 3.63) is 73.2 Å². The van der Waals surface area contributed by atoms with E-state index in [0.29, 0.717) is 0 Å². The Balaban J connectivity index is 1.86. The van der Waals surface area contributed by atoms with E-state index in [0.717, 1.165) is 28.0 Å². The highest BCUT2D eigenvalue weighted by Crippen LogP contribution is 2.27. The molecule has 0 atom stereocenters. The molecule has 6 nitrogen and oxygen atoms in total. The molecule has 0 spiro atoms. The third-order valence-corrected chi connectivity index (χ3v) is 4.89. The van der Waals surface area contributed by atoms with Crippen molar-refractivity contribution in [1.82, 2.24) is 14.5 Å². The summed E-state index contributed by atoms with van der Waals surface area (Å²) in [5.41, 5.74) is 2.55. The van der Waals surface area contributed by atoms with Crippen LogP contribution < -0.4 is 5.14 Å². The molecule has 2 heterocycles. The zero-order valence-corrected chi connectivity index (χ0v) is 13.9. The second kappa shape index (κ2) is 5.80. The Bertz CT molecular complexity index is 1160. The molecule has 124 valence electrons. The maximum atomic E-state index is 11.4. The number of rotatable bonds is 3. The lowest BCUT2D eigenvalue weighted by molar-refractivity contribution is 0.598. The summed E-state index contributed by atoms with van der Waals surface area (Å²) in [6.45, 7) is 0. The molecule has 25 heavy (non-hydrogen) atoms. The maximum Gasteiger partial charge on any atom is 0.238 e. The number of benzene rings is 2. The minimum absolute atomic E-state index is 0.0738. The quantitative estimate of drug-likeness (QED) is 0.615. The number of imidazole rings is 1. The van der Waals surface area contributed by atoms with Crippen LogP contribution in [0, 0.1) is 0 Å². The smallest absolute Gasteiger partial charge is 0.238 e. The first-order chi connectivity index (χ1) is 12.0. The highest BCUT2D eigenvalue weighted by Gasteiger charge is 2.13. The van der Waals surface area contributed by atoms with Gasteiger partial charge >= 0.3 is 0 Å². The number of fused-ring (bicyclic) bond motifs is 1. The Morgan fingerprint density at radius 1 is 0.880 bits per heavy atom. The molecule has 4 rings (SSSR count). The first-order valence-electron chi connectivity index (χ1n) is 7.55. The standard InChI is InChI=1S/C18H14N4O2S/c19-25(23,24)15-8-6-14(7-9-15)22-12-11-21-18(22)16-5-1-3-13-4-2-10-20-17(13)16/h1-12H,(H2,19,23,24). The lowest BCUT2D eigenvalue weighted by atomic mass is 10.1. The van der Waals surface area contributed by atoms with Gasteiger partial charge in [0.05, 0.1) is 10.4 Å². The van der Waals surface area contributed by atoms with Gasteiger partial charge in [-0.25, -0.2) is 18.5 Å². The lowest BCUT2D eigenvalue weighted by Crippen LogP contribution is -2.12. The topological polar surface area (TPSA) is 90.9 Å². The van der Waals surface area contributed by atoms with Gasteiger partial charge < -0.3 is 0 Å². The van der Waals surface area contributed by atoms with Gasteiger partial charge in [0, 0.05) is 35.2 Å². The van der Waals surface area contributed by atoms with Crippen molar-refractivity contribution in [2.45, 2.75) is 4.90 Å². The molecule has 0 amide bonds. The van der Waals surface area contributed by atoms with Crippen molar-refractivity contribution in [1.29, 1.82) is 0 Å². The van der Waals surface area contributed by atoms with E-state index in [2.05, 4.69) is 9.97 Å². The van der Waals surface area contributed by atoms with Crippen LogP contribution in [0.1, 0.15) is 0 Å². The van der Waals surface area contributed by atoms with Crippen molar-refractivity contribution in [3.63, 3.8) is 0 Å². The molecule has 0 aliphatic rings. The van der Waals surface area contributed by atoms with E-state index >= 15 is 0 Å². The summed E-state index contributed by atoms with van der Waals surface area (Å²) in [5.74, 6) is 0.729. The fraction of sp³-hybridized carbons (Fsp3) is 0. The van der Waals surface area contributed by atoms with Crippen molar-refractivity contribution in [2.75, 3.05) is 0 Å². The molecule has 2 aromatic heterocycles. The Morgan fingerprint density at radius 2 is 1.64 bits per heavy atom. The predicted molar refractivity (Wildman–Crippen MR) is 95.7 cm³/mol. The summed E-state index contributed by atoms with van der Waals surface area (Å²) in [4.78, 5) is 9.01. The molecule has 0 saturated carbocycles. The summed E-state index contributed by atoms with van der Waals surface area (Å²) < 4.78 is 24.7. The lowest BCUT2D eigenvalue weighted by Gasteiger charge is -2.10. The predicted octanol–water partition coefficient (Wildman–Crippen LogP) is 2.73. The molecule has 4 aromatic rings. The average Bonchev–Trinajstić information content (AvgIpc) is 3.10. The van der Waals surface area contributed by atoms with E-state index in [4.69, 9.17) is 5.14 Å². The van der Waals surface area contributed by atoms with Crippen molar-refractivity contribution in [3.8, 4) is 17.1 Å². The van der Waals surface area contributed by atoms with Gasteiger partial charge in [-0.05, 0) is 36.4 Å². The Hall–Kier alpha value is -3.03. The molecular weight excluding hydrogens is 336 g/mol. The molecule has 0 fully saturated rings. The molecule has 0 unspecified atom stereocenters. The number of sulfonamides is 1. The number of para-hydroxylation sites is 1. The average molecular weight is 350 g/mol. The van der Waals surface area contributed by atoms with Gasteiger partial charge in [0.2, 0.25) is 10.0 Å². The summed E-state index contributed by atoms with van der Waals surface area (Å²) >= 11 is 0. The molecule has 7 heteroatoms. The molecule has 2 N–H and O–H groups in total. The van der Waals surface area contributed by atoms with Crippen molar-refractivity contribution >= 4 is 20.9 Å². The molecule has 2 aromatic carbocycles. The minimum Gasteiger partial charge on any atom is -0.300 e. The van der Waals surface area contributed by atoms with Gasteiger partial charge in [-0.15, -0.1) is 0 Å². The molecule has 0 aliphatic heterocycles. The first kappa shape index (κ1) is 15.5. The van der Waals surface area contributed by atoms with Gasteiger partial charge in [-0.1, -0.05) is 18.2 Å². The number of hydrogen-bond donors (Lipinski definition) is 1. The van der Waals surface area contributed by atoms with Crippen LogP contribution in [0.15, 0.2) is 78.1 Å². The van der Waals surface area contributed by atoms with Crippen molar-refractivity contribution in [2.24, 2.45) is 5.14 Å². The molecule has 0 bridgehead atoms. The number of primary sulfonamides is 1. The van der Waals surface area contributed by atoms with Crippen LogP contribution in [0.3, 0.4) is 0 Å². The Morgan fingerprint density at radius 3 is 2.40 bits per heavy atom. The van der Waals surface area contributed by atoms with E-state index < -0.39 is 10.0 Å². The number of nitrogens with zero attached hydrogens (tertiary/aromatic N) is 3. The summed E-state index contributed by atoms with van der Waals surface area (Å²) in [6.07, 6.45) is 5.27. The van der Waals surface area contributed by atoms with Crippen LogP contribution in [-0.2, 0) is 10.0 Å². The van der Waals surface area contributed by atoms with E-state index in [1.807, 2.05) is 41.1 Å². The number of hydrogen-bond acceptors (Lipinski definition) is 4. The van der Waals surface area contributed by atoms with Crippen LogP contribution >= 0.6 is 0 Å². The van der Waals surface area contributed by atoms with Gasteiger partial charge in [-0.3, -0.25) is 9.55 Å². The van der Waals surface area contributed by atoms with E-state index in [-0.39, 0.29) is 4.90 Å². The third-order valence-electron chi connectivity index (χ3n) is 3.96. The van der Waals surface area contributed by atoms with Crippen LogP contribution in [0.4, 0.5) is 0 Å². The second-order valence-electron chi connectivity index (χ2n) is 5.54. The SMILES string of the molecule is NS(=O)(=O)c1ccc(-n2ccnc2-c2cccc3cccnc23)cc1. The zero-order chi connectivity index (χ0) is 17.4.